The van der Waals surface area contributed by atoms with Gasteiger partial charge in [-0.25, -0.2) is 4.79 Å². The summed E-state index contributed by atoms with van der Waals surface area (Å²) in [5, 5.41) is 13.6. The van der Waals surface area contributed by atoms with Crippen molar-refractivity contribution < 1.29 is 29.0 Å². The number of amides is 2. The first kappa shape index (κ1) is 29.1. The first-order valence-corrected chi connectivity index (χ1v) is 13.4. The third-order valence-corrected chi connectivity index (χ3v) is 6.73. The Kier molecular flexibility index (Phi) is 9.24. The van der Waals surface area contributed by atoms with Crippen molar-refractivity contribution in [2.75, 3.05) is 0 Å². The van der Waals surface area contributed by atoms with E-state index in [0.717, 1.165) is 16.7 Å². The van der Waals surface area contributed by atoms with E-state index in [2.05, 4.69) is 5.32 Å². The van der Waals surface area contributed by atoms with Crippen LogP contribution in [0.2, 0.25) is 0 Å². The van der Waals surface area contributed by atoms with Gasteiger partial charge in [0.25, 0.3) is 5.91 Å². The van der Waals surface area contributed by atoms with E-state index in [4.69, 9.17) is 15.2 Å². The van der Waals surface area contributed by atoms with Crippen molar-refractivity contribution in [2.45, 2.75) is 44.9 Å². The molecule has 0 bridgehead atoms. The predicted octanol–water partition coefficient (Wildman–Crippen LogP) is 5.28. The Labute approximate surface area is 239 Å². The second-order valence-electron chi connectivity index (χ2n) is 10.5. The lowest BCUT2D eigenvalue weighted by atomic mass is 9.82. The first-order valence-electron chi connectivity index (χ1n) is 13.4. The van der Waals surface area contributed by atoms with Crippen LogP contribution in [0.1, 0.15) is 37.0 Å². The molecule has 0 saturated heterocycles. The molecule has 41 heavy (non-hydrogen) atoms. The quantitative estimate of drug-likeness (QED) is 0.261. The summed E-state index contributed by atoms with van der Waals surface area (Å²) in [6.45, 7) is 3.71. The number of aliphatic hydroxyl groups is 1. The molecule has 8 nitrogen and oxygen atoms in total. The number of rotatable bonds is 12. The normalized spacial score (nSPS) is 16.0. The Bertz CT molecular complexity index is 1430. The SMILES string of the molecule is CC(C)(CC(Cc1ccc(OCc2ccccc2)cc1)C(=O)C1=C(O)C(C=Cc2ccccc2)NC1=O)OC(N)=O. The minimum Gasteiger partial charge on any atom is -0.509 e. The number of nitrogens with two attached hydrogens (primary N) is 1. The summed E-state index contributed by atoms with van der Waals surface area (Å²) < 4.78 is 11.1. The van der Waals surface area contributed by atoms with Gasteiger partial charge < -0.3 is 25.6 Å². The van der Waals surface area contributed by atoms with Gasteiger partial charge in [0.15, 0.2) is 5.78 Å². The van der Waals surface area contributed by atoms with Crippen LogP contribution in [0.3, 0.4) is 0 Å². The van der Waals surface area contributed by atoms with Crippen LogP contribution in [0.5, 0.6) is 5.75 Å². The van der Waals surface area contributed by atoms with Gasteiger partial charge in [0, 0.05) is 5.92 Å². The summed E-state index contributed by atoms with van der Waals surface area (Å²) >= 11 is 0. The Morgan fingerprint density at radius 3 is 2.24 bits per heavy atom. The van der Waals surface area contributed by atoms with Gasteiger partial charge in [-0.15, -0.1) is 0 Å². The number of Topliss-reactive ketones (excluding diaryl/α,β-unsaturated/α-hetero) is 1. The molecule has 3 aromatic rings. The number of primary amides is 1. The van der Waals surface area contributed by atoms with E-state index >= 15 is 0 Å². The van der Waals surface area contributed by atoms with Crippen molar-refractivity contribution in [3.63, 3.8) is 0 Å². The Balaban J connectivity index is 1.53. The molecular weight excluding hydrogens is 520 g/mol. The molecule has 0 spiro atoms. The van der Waals surface area contributed by atoms with Crippen molar-refractivity contribution in [1.29, 1.82) is 0 Å². The highest BCUT2D eigenvalue weighted by atomic mass is 16.6. The zero-order chi connectivity index (χ0) is 29.4. The van der Waals surface area contributed by atoms with Crippen LogP contribution in [0.15, 0.2) is 102 Å². The van der Waals surface area contributed by atoms with Gasteiger partial charge in [0.2, 0.25) is 0 Å². The standard InChI is InChI=1S/C33H34N2O6/c1-33(2,41-32(34)39)20-25(19-23-13-16-26(17-14-23)40-21-24-11-7-4-8-12-24)29(36)28-30(37)27(35-31(28)38)18-15-22-9-5-3-6-10-22/h3-18,25,27,37H,19-21H2,1-2H3,(H2,34,39)(H,35,38). The van der Waals surface area contributed by atoms with Crippen LogP contribution in [-0.4, -0.2) is 34.5 Å². The minimum atomic E-state index is -1.09. The Morgan fingerprint density at radius 2 is 1.61 bits per heavy atom. The van der Waals surface area contributed by atoms with E-state index in [9.17, 15) is 19.5 Å². The van der Waals surface area contributed by atoms with Gasteiger partial charge in [-0.2, -0.15) is 0 Å². The molecule has 0 aliphatic carbocycles. The summed E-state index contributed by atoms with van der Waals surface area (Å²) in [5.74, 6) is -1.66. The lowest BCUT2D eigenvalue weighted by molar-refractivity contribution is -0.125. The van der Waals surface area contributed by atoms with Crippen LogP contribution in [0.25, 0.3) is 6.08 Å². The molecular formula is C33H34N2O6. The molecule has 0 aromatic heterocycles. The number of benzene rings is 3. The number of nitrogens with one attached hydrogen (secondary N) is 1. The van der Waals surface area contributed by atoms with E-state index < -0.39 is 35.3 Å². The van der Waals surface area contributed by atoms with Gasteiger partial charge in [0.05, 0.1) is 0 Å². The molecule has 4 N–H and O–H groups in total. The molecule has 1 aliphatic rings. The second kappa shape index (κ2) is 13.0. The Hall–Kier alpha value is -4.85. The van der Waals surface area contributed by atoms with Crippen molar-refractivity contribution in [2.24, 2.45) is 11.7 Å². The highest BCUT2D eigenvalue weighted by Crippen LogP contribution is 2.30. The molecule has 2 unspecified atom stereocenters. The van der Waals surface area contributed by atoms with E-state index in [0.29, 0.717) is 12.4 Å². The zero-order valence-corrected chi connectivity index (χ0v) is 23.1. The molecule has 4 rings (SSSR count). The summed E-state index contributed by atoms with van der Waals surface area (Å²) in [4.78, 5) is 38.2. The summed E-state index contributed by atoms with van der Waals surface area (Å²) in [5.41, 5.74) is 6.60. The maximum absolute atomic E-state index is 13.8. The number of carbonyl (C=O) groups excluding carboxylic acids is 3. The molecule has 0 fully saturated rings. The number of ether oxygens (including phenoxy) is 2. The number of ketones is 1. The third-order valence-electron chi connectivity index (χ3n) is 6.73. The number of hydrogen-bond donors (Lipinski definition) is 3. The summed E-state index contributed by atoms with van der Waals surface area (Å²) in [6.07, 6.45) is 2.74. The monoisotopic (exact) mass is 554 g/mol. The smallest absolute Gasteiger partial charge is 0.405 e. The van der Waals surface area contributed by atoms with Gasteiger partial charge in [-0.1, -0.05) is 84.9 Å². The van der Waals surface area contributed by atoms with Crippen LogP contribution >= 0.6 is 0 Å². The van der Waals surface area contributed by atoms with Crippen molar-refractivity contribution in [1.82, 2.24) is 5.32 Å². The summed E-state index contributed by atoms with van der Waals surface area (Å²) in [7, 11) is 0. The number of hydrogen-bond acceptors (Lipinski definition) is 6. The van der Waals surface area contributed by atoms with Crippen LogP contribution in [0.4, 0.5) is 4.79 Å². The van der Waals surface area contributed by atoms with Crippen LogP contribution < -0.4 is 15.8 Å². The van der Waals surface area contributed by atoms with Crippen molar-refractivity contribution in [3.8, 4) is 5.75 Å². The Morgan fingerprint density at radius 1 is 0.976 bits per heavy atom. The lowest BCUT2D eigenvalue weighted by Crippen LogP contribution is -2.37. The molecule has 2 amide bonds. The molecule has 1 aliphatic heterocycles. The predicted molar refractivity (Wildman–Crippen MR) is 156 cm³/mol. The fraction of sp³-hybridized carbons (Fsp3) is 0.242. The summed E-state index contributed by atoms with van der Waals surface area (Å²) in [6, 6.07) is 25.7. The van der Waals surface area contributed by atoms with Gasteiger partial charge in [0.1, 0.15) is 35.3 Å². The third kappa shape index (κ3) is 8.08. The highest BCUT2D eigenvalue weighted by Gasteiger charge is 2.40. The topological polar surface area (TPSA) is 128 Å². The first-order chi connectivity index (χ1) is 19.6. The molecule has 8 heteroatoms. The molecule has 0 radical (unpaired) electrons. The highest BCUT2D eigenvalue weighted by molar-refractivity contribution is 6.22. The van der Waals surface area contributed by atoms with Gasteiger partial charge in [-0.3, -0.25) is 9.59 Å². The number of aliphatic hydroxyl groups excluding tert-OH is 1. The van der Waals surface area contributed by atoms with Crippen LogP contribution in [-0.2, 0) is 27.4 Å². The van der Waals surface area contributed by atoms with E-state index in [1.165, 1.54) is 0 Å². The number of carbonyl (C=O) groups is 3. The molecule has 0 saturated carbocycles. The molecule has 212 valence electrons. The van der Waals surface area contributed by atoms with Crippen molar-refractivity contribution in [3.05, 3.63) is 119 Å². The second-order valence-corrected chi connectivity index (χ2v) is 10.5. The fourth-order valence-corrected chi connectivity index (χ4v) is 4.82. The fourth-order valence-electron chi connectivity index (χ4n) is 4.82. The zero-order valence-electron chi connectivity index (χ0n) is 23.1. The minimum absolute atomic E-state index is 0.0790. The maximum Gasteiger partial charge on any atom is 0.405 e. The average molecular weight is 555 g/mol. The molecule has 2 atom stereocenters. The van der Waals surface area contributed by atoms with E-state index in [1.807, 2.05) is 84.9 Å². The lowest BCUT2D eigenvalue weighted by Gasteiger charge is -2.28. The van der Waals surface area contributed by atoms with Crippen LogP contribution in [0, 0.1) is 5.92 Å². The van der Waals surface area contributed by atoms with E-state index in [1.54, 1.807) is 26.0 Å². The maximum atomic E-state index is 13.8. The van der Waals surface area contributed by atoms with Gasteiger partial charge in [-0.05, 0) is 55.5 Å². The molecule has 3 aromatic carbocycles. The average Bonchev–Trinajstić information content (AvgIpc) is 3.23. The van der Waals surface area contributed by atoms with E-state index in [-0.39, 0.29) is 24.2 Å². The van der Waals surface area contributed by atoms with Crippen molar-refractivity contribution >= 4 is 23.9 Å². The van der Waals surface area contributed by atoms with Gasteiger partial charge >= 0.3 is 6.09 Å². The molecule has 1 heterocycles. The largest absolute Gasteiger partial charge is 0.509 e.